The molecule has 0 aromatic carbocycles. The first-order valence-corrected chi connectivity index (χ1v) is 5.26. The molecule has 0 aromatic rings. The normalized spacial score (nSPS) is 21.2. The third-order valence-electron chi connectivity index (χ3n) is 2.75. The fourth-order valence-corrected chi connectivity index (χ4v) is 1.79. The van der Waals surface area contributed by atoms with Gasteiger partial charge in [-0.05, 0) is 20.3 Å². The molecule has 0 spiro atoms. The van der Waals surface area contributed by atoms with Gasteiger partial charge >= 0.3 is 0 Å². The number of hydrogen-bond acceptors (Lipinski definition) is 2. The number of rotatable bonds is 4. The molecule has 0 bridgehead atoms. The minimum Gasteiger partial charge on any atom is -0.301 e. The summed E-state index contributed by atoms with van der Waals surface area (Å²) < 4.78 is 11.9. The number of nitrogens with zero attached hydrogens (tertiary/aromatic N) is 2. The van der Waals surface area contributed by atoms with Crippen LogP contribution in [0, 0.1) is 0 Å². The smallest absolute Gasteiger partial charge is 0.0906 e. The Morgan fingerprint density at radius 3 is 2.23 bits per heavy atom. The summed E-state index contributed by atoms with van der Waals surface area (Å²) in [4.78, 5) is 4.84. The fourth-order valence-electron chi connectivity index (χ4n) is 1.79. The molecule has 0 unspecified atom stereocenters. The second-order valence-electron chi connectivity index (χ2n) is 4.01. The van der Waals surface area contributed by atoms with Crippen molar-refractivity contribution in [1.29, 1.82) is 0 Å². The van der Waals surface area contributed by atoms with Crippen molar-refractivity contribution < 1.29 is 4.39 Å². The number of alkyl halides is 1. The highest BCUT2D eigenvalue weighted by atomic mass is 19.1. The van der Waals surface area contributed by atoms with Crippen molar-refractivity contribution in [1.82, 2.24) is 9.80 Å². The molecule has 13 heavy (non-hydrogen) atoms. The van der Waals surface area contributed by atoms with Crippen molar-refractivity contribution in [2.75, 3.05) is 39.4 Å². The lowest BCUT2D eigenvalue weighted by atomic mass is 10.2. The highest BCUT2D eigenvalue weighted by Gasteiger charge is 2.17. The van der Waals surface area contributed by atoms with Crippen LogP contribution in [0.1, 0.15) is 20.3 Å². The van der Waals surface area contributed by atoms with Crippen LogP contribution in [-0.4, -0.2) is 55.2 Å². The Labute approximate surface area is 80.7 Å². The molecule has 78 valence electrons. The molecular weight excluding hydrogens is 167 g/mol. The molecule has 2 nitrogen and oxygen atoms in total. The Hall–Kier alpha value is -0.150. The molecule has 1 rings (SSSR count). The van der Waals surface area contributed by atoms with Gasteiger partial charge in [0.15, 0.2) is 0 Å². The first-order chi connectivity index (χ1) is 6.24. The molecule has 0 radical (unpaired) electrons. The summed E-state index contributed by atoms with van der Waals surface area (Å²) in [5.41, 5.74) is 0. The fraction of sp³-hybridized carbons (Fsp3) is 1.00. The van der Waals surface area contributed by atoms with E-state index in [1.165, 1.54) is 0 Å². The molecule has 1 aliphatic rings. The summed E-state index contributed by atoms with van der Waals surface area (Å²) in [7, 11) is 0. The van der Waals surface area contributed by atoms with E-state index in [1.54, 1.807) is 0 Å². The molecule has 0 saturated carbocycles. The summed E-state index contributed by atoms with van der Waals surface area (Å²) in [6, 6.07) is 0.656. The maximum atomic E-state index is 11.9. The van der Waals surface area contributed by atoms with Crippen LogP contribution < -0.4 is 0 Å². The minimum atomic E-state index is -0.176. The van der Waals surface area contributed by atoms with Crippen LogP contribution in [0.4, 0.5) is 4.39 Å². The lowest BCUT2D eigenvalue weighted by Gasteiger charge is -2.36. The van der Waals surface area contributed by atoms with Gasteiger partial charge in [-0.25, -0.2) is 0 Å². The zero-order valence-corrected chi connectivity index (χ0v) is 8.80. The van der Waals surface area contributed by atoms with Gasteiger partial charge in [0.1, 0.15) is 0 Å². The largest absolute Gasteiger partial charge is 0.301 e. The Bertz CT molecular complexity index is 131. The van der Waals surface area contributed by atoms with E-state index in [9.17, 15) is 4.39 Å². The summed E-state index contributed by atoms with van der Waals surface area (Å²) in [6.07, 6.45) is 0.696. The SMILES string of the molecule is CC(C)N1CCN(CCCF)CC1. The zero-order chi connectivity index (χ0) is 9.68. The van der Waals surface area contributed by atoms with Crippen LogP contribution >= 0.6 is 0 Å². The van der Waals surface area contributed by atoms with Crippen LogP contribution in [0.15, 0.2) is 0 Å². The highest BCUT2D eigenvalue weighted by Crippen LogP contribution is 2.05. The molecule has 3 heteroatoms. The van der Waals surface area contributed by atoms with Crippen LogP contribution in [0.25, 0.3) is 0 Å². The van der Waals surface area contributed by atoms with Gasteiger partial charge in [0.2, 0.25) is 0 Å². The lowest BCUT2D eigenvalue weighted by Crippen LogP contribution is -2.48. The van der Waals surface area contributed by atoms with E-state index in [2.05, 4.69) is 23.6 Å². The summed E-state index contributed by atoms with van der Waals surface area (Å²) >= 11 is 0. The molecule has 1 aliphatic heterocycles. The molecule has 1 fully saturated rings. The zero-order valence-electron chi connectivity index (χ0n) is 8.80. The molecule has 1 heterocycles. The molecule has 0 aliphatic carbocycles. The van der Waals surface area contributed by atoms with E-state index in [-0.39, 0.29) is 6.67 Å². The van der Waals surface area contributed by atoms with Gasteiger partial charge in [-0.15, -0.1) is 0 Å². The van der Waals surface area contributed by atoms with Gasteiger partial charge in [0.05, 0.1) is 6.67 Å². The van der Waals surface area contributed by atoms with Gasteiger partial charge in [-0.1, -0.05) is 0 Å². The van der Waals surface area contributed by atoms with E-state index >= 15 is 0 Å². The van der Waals surface area contributed by atoms with Crippen LogP contribution in [0.5, 0.6) is 0 Å². The predicted molar refractivity (Wildman–Crippen MR) is 53.7 cm³/mol. The maximum Gasteiger partial charge on any atom is 0.0906 e. The predicted octanol–water partition coefficient (Wildman–Crippen LogP) is 1.37. The number of hydrogen-bond donors (Lipinski definition) is 0. The third-order valence-corrected chi connectivity index (χ3v) is 2.75. The summed E-state index contributed by atoms with van der Waals surface area (Å²) in [5, 5.41) is 0. The van der Waals surface area contributed by atoms with Crippen LogP contribution in [-0.2, 0) is 0 Å². The minimum absolute atomic E-state index is 0.176. The van der Waals surface area contributed by atoms with Crippen molar-refractivity contribution in [3.63, 3.8) is 0 Å². The second-order valence-corrected chi connectivity index (χ2v) is 4.01. The molecule has 0 atom stereocenters. The van der Waals surface area contributed by atoms with Crippen LogP contribution in [0.3, 0.4) is 0 Å². The van der Waals surface area contributed by atoms with E-state index in [1.807, 2.05) is 0 Å². The Balaban J connectivity index is 2.15. The highest BCUT2D eigenvalue weighted by molar-refractivity contribution is 4.73. The van der Waals surface area contributed by atoms with Gasteiger partial charge in [0.25, 0.3) is 0 Å². The molecular formula is C10H21FN2. The average molecular weight is 188 g/mol. The first-order valence-electron chi connectivity index (χ1n) is 5.26. The van der Waals surface area contributed by atoms with Crippen molar-refractivity contribution in [3.8, 4) is 0 Å². The maximum absolute atomic E-state index is 11.9. The summed E-state index contributed by atoms with van der Waals surface area (Å²) in [5.74, 6) is 0. The van der Waals surface area contributed by atoms with Gasteiger partial charge < -0.3 is 4.90 Å². The third kappa shape index (κ3) is 3.61. The monoisotopic (exact) mass is 188 g/mol. The molecule has 0 amide bonds. The summed E-state index contributed by atoms with van der Waals surface area (Å²) in [6.45, 7) is 9.73. The van der Waals surface area contributed by atoms with Crippen molar-refractivity contribution >= 4 is 0 Å². The molecule has 0 N–H and O–H groups in total. The number of halogens is 1. The topological polar surface area (TPSA) is 6.48 Å². The van der Waals surface area contributed by atoms with E-state index in [0.717, 1.165) is 32.7 Å². The molecule has 1 saturated heterocycles. The standard InChI is InChI=1S/C10H21FN2/c1-10(2)13-8-6-12(7-9-13)5-3-4-11/h10H,3-9H2,1-2H3. The first kappa shape index (κ1) is 10.9. The quantitative estimate of drug-likeness (QED) is 0.657. The Kier molecular flexibility index (Phi) is 4.67. The Morgan fingerprint density at radius 2 is 1.77 bits per heavy atom. The second kappa shape index (κ2) is 5.55. The van der Waals surface area contributed by atoms with E-state index < -0.39 is 0 Å². The Morgan fingerprint density at radius 1 is 1.15 bits per heavy atom. The van der Waals surface area contributed by atoms with Gasteiger partial charge in [0, 0.05) is 38.8 Å². The van der Waals surface area contributed by atoms with Gasteiger partial charge in [-0.2, -0.15) is 0 Å². The van der Waals surface area contributed by atoms with Gasteiger partial charge in [-0.3, -0.25) is 9.29 Å². The van der Waals surface area contributed by atoms with Crippen LogP contribution in [0.2, 0.25) is 0 Å². The van der Waals surface area contributed by atoms with Crippen molar-refractivity contribution in [2.45, 2.75) is 26.3 Å². The lowest BCUT2D eigenvalue weighted by molar-refractivity contribution is 0.106. The van der Waals surface area contributed by atoms with Crippen molar-refractivity contribution in [2.24, 2.45) is 0 Å². The van der Waals surface area contributed by atoms with E-state index in [4.69, 9.17) is 0 Å². The number of piperazine rings is 1. The van der Waals surface area contributed by atoms with E-state index in [0.29, 0.717) is 12.5 Å². The van der Waals surface area contributed by atoms with Crippen molar-refractivity contribution in [3.05, 3.63) is 0 Å². The average Bonchev–Trinajstić information content (AvgIpc) is 2.15. The molecule has 0 aromatic heterocycles.